The van der Waals surface area contributed by atoms with Crippen LogP contribution in [0.1, 0.15) is 36.3 Å². The standard InChI is InChI=1S/C27H31N7O/c1-4-33(5-2)22-13-15-34(17-22)21-10-7-19(8-11-21)25-31-24-23(12-14-28-26(24)32-25)27(35)30-20-9-6-18(3)29-16-20/h6-12,14,16,22H,4-5,13,15,17H2,1-3H3,(H,30,35)(H,28,31,32). The van der Waals surface area contributed by atoms with Crippen molar-refractivity contribution < 1.29 is 4.79 Å². The fourth-order valence-corrected chi connectivity index (χ4v) is 4.82. The molecule has 0 spiro atoms. The number of nitrogens with zero attached hydrogens (tertiary/aromatic N) is 5. The van der Waals surface area contributed by atoms with E-state index in [0.29, 0.717) is 34.3 Å². The molecule has 35 heavy (non-hydrogen) atoms. The summed E-state index contributed by atoms with van der Waals surface area (Å²) in [5, 5.41) is 2.89. The molecular formula is C27H31N7O. The van der Waals surface area contributed by atoms with Crippen molar-refractivity contribution in [2.45, 2.75) is 33.2 Å². The molecule has 0 bridgehead atoms. The van der Waals surface area contributed by atoms with Gasteiger partial charge < -0.3 is 15.2 Å². The van der Waals surface area contributed by atoms with Gasteiger partial charge in [-0.2, -0.15) is 0 Å². The van der Waals surface area contributed by atoms with E-state index in [1.165, 1.54) is 12.1 Å². The Labute approximate surface area is 205 Å². The summed E-state index contributed by atoms with van der Waals surface area (Å²) in [6.07, 6.45) is 4.46. The van der Waals surface area contributed by atoms with E-state index in [1.807, 2.05) is 19.1 Å². The number of hydrogen-bond donors (Lipinski definition) is 2. The molecule has 1 atom stereocenters. The number of amides is 1. The molecular weight excluding hydrogens is 438 g/mol. The second-order valence-electron chi connectivity index (χ2n) is 8.94. The molecule has 1 fully saturated rings. The topological polar surface area (TPSA) is 90.0 Å². The van der Waals surface area contributed by atoms with Crippen molar-refractivity contribution in [3.63, 3.8) is 0 Å². The quantitative estimate of drug-likeness (QED) is 0.414. The maximum atomic E-state index is 12.9. The highest BCUT2D eigenvalue weighted by Gasteiger charge is 2.26. The Morgan fingerprint density at radius 2 is 1.91 bits per heavy atom. The van der Waals surface area contributed by atoms with Crippen LogP contribution < -0.4 is 10.2 Å². The van der Waals surface area contributed by atoms with Gasteiger partial charge in [0.2, 0.25) is 0 Å². The van der Waals surface area contributed by atoms with E-state index in [2.05, 4.69) is 68.2 Å². The van der Waals surface area contributed by atoms with Crippen molar-refractivity contribution in [3.8, 4) is 11.4 Å². The fraction of sp³-hybridized carbons (Fsp3) is 0.333. The molecule has 4 aromatic rings. The molecule has 1 aliphatic heterocycles. The summed E-state index contributed by atoms with van der Waals surface area (Å²) < 4.78 is 0. The van der Waals surface area contributed by atoms with E-state index < -0.39 is 0 Å². The van der Waals surface area contributed by atoms with Crippen molar-refractivity contribution in [3.05, 3.63) is 66.1 Å². The van der Waals surface area contributed by atoms with E-state index in [0.717, 1.165) is 37.4 Å². The van der Waals surface area contributed by atoms with Gasteiger partial charge in [0.1, 0.15) is 11.3 Å². The average molecular weight is 470 g/mol. The molecule has 1 aliphatic rings. The van der Waals surface area contributed by atoms with E-state index >= 15 is 0 Å². The Hall–Kier alpha value is -3.78. The summed E-state index contributed by atoms with van der Waals surface area (Å²) in [5.41, 5.74) is 5.32. The molecule has 1 amide bonds. The second kappa shape index (κ2) is 9.84. The van der Waals surface area contributed by atoms with Crippen LogP contribution in [0.2, 0.25) is 0 Å². The molecule has 180 valence electrons. The van der Waals surface area contributed by atoms with E-state index in [4.69, 9.17) is 4.98 Å². The molecule has 1 saturated heterocycles. The Balaban J connectivity index is 1.34. The van der Waals surface area contributed by atoms with Crippen LogP contribution in [-0.4, -0.2) is 63.0 Å². The van der Waals surface area contributed by atoms with Crippen LogP contribution in [-0.2, 0) is 0 Å². The van der Waals surface area contributed by atoms with Gasteiger partial charge in [-0.1, -0.05) is 13.8 Å². The summed E-state index contributed by atoms with van der Waals surface area (Å²) in [7, 11) is 0. The first kappa shape index (κ1) is 23.0. The minimum absolute atomic E-state index is 0.242. The van der Waals surface area contributed by atoms with Gasteiger partial charge in [0.25, 0.3) is 5.91 Å². The summed E-state index contributed by atoms with van der Waals surface area (Å²) >= 11 is 0. The number of imidazole rings is 1. The van der Waals surface area contributed by atoms with Gasteiger partial charge in [-0.05, 0) is 68.9 Å². The summed E-state index contributed by atoms with van der Waals surface area (Å²) in [4.78, 5) is 34.6. The average Bonchev–Trinajstić information content (AvgIpc) is 3.54. The first-order chi connectivity index (χ1) is 17.1. The zero-order valence-corrected chi connectivity index (χ0v) is 20.5. The molecule has 4 heterocycles. The molecule has 0 aliphatic carbocycles. The Morgan fingerprint density at radius 1 is 1.11 bits per heavy atom. The Bertz CT molecular complexity index is 1310. The lowest BCUT2D eigenvalue weighted by Gasteiger charge is -2.26. The number of aryl methyl sites for hydroxylation is 1. The van der Waals surface area contributed by atoms with Gasteiger partial charge in [-0.3, -0.25) is 14.7 Å². The molecule has 0 saturated carbocycles. The van der Waals surface area contributed by atoms with Crippen molar-refractivity contribution >= 4 is 28.4 Å². The Kier molecular flexibility index (Phi) is 6.46. The number of nitrogens with one attached hydrogen (secondary N) is 2. The number of likely N-dealkylation sites (N-methyl/N-ethyl adjacent to an activating group) is 1. The third-order valence-electron chi connectivity index (χ3n) is 6.80. The van der Waals surface area contributed by atoms with Gasteiger partial charge in [0.05, 0.1) is 17.4 Å². The number of carbonyl (C=O) groups excluding carboxylic acids is 1. The van der Waals surface area contributed by atoms with Crippen LogP contribution >= 0.6 is 0 Å². The first-order valence-corrected chi connectivity index (χ1v) is 12.2. The van der Waals surface area contributed by atoms with Crippen molar-refractivity contribution in [1.82, 2.24) is 24.8 Å². The maximum Gasteiger partial charge on any atom is 0.258 e. The predicted octanol–water partition coefficient (Wildman–Crippen LogP) is 4.50. The molecule has 1 unspecified atom stereocenters. The van der Waals surface area contributed by atoms with Crippen LogP contribution in [0.15, 0.2) is 54.9 Å². The van der Waals surface area contributed by atoms with Crippen molar-refractivity contribution in [2.24, 2.45) is 0 Å². The van der Waals surface area contributed by atoms with Gasteiger partial charge in [0.15, 0.2) is 5.65 Å². The third kappa shape index (κ3) is 4.74. The highest BCUT2D eigenvalue weighted by molar-refractivity contribution is 6.11. The predicted molar refractivity (Wildman–Crippen MR) is 140 cm³/mol. The van der Waals surface area contributed by atoms with E-state index in [9.17, 15) is 4.79 Å². The van der Waals surface area contributed by atoms with Gasteiger partial charge in [0, 0.05) is 42.3 Å². The number of benzene rings is 1. The first-order valence-electron chi connectivity index (χ1n) is 12.2. The lowest BCUT2D eigenvalue weighted by molar-refractivity contribution is 0.102. The number of aromatic nitrogens is 4. The van der Waals surface area contributed by atoms with Crippen LogP contribution in [0.25, 0.3) is 22.6 Å². The Morgan fingerprint density at radius 3 is 2.63 bits per heavy atom. The summed E-state index contributed by atoms with van der Waals surface area (Å²) in [5.74, 6) is 0.451. The number of pyridine rings is 2. The smallest absolute Gasteiger partial charge is 0.258 e. The zero-order valence-electron chi connectivity index (χ0n) is 20.5. The number of anilines is 2. The van der Waals surface area contributed by atoms with Crippen LogP contribution in [0.3, 0.4) is 0 Å². The number of carbonyl (C=O) groups is 1. The molecule has 3 aromatic heterocycles. The van der Waals surface area contributed by atoms with Gasteiger partial charge in [-0.15, -0.1) is 0 Å². The van der Waals surface area contributed by atoms with E-state index in [-0.39, 0.29) is 5.91 Å². The van der Waals surface area contributed by atoms with Gasteiger partial charge in [-0.25, -0.2) is 9.97 Å². The largest absolute Gasteiger partial charge is 0.370 e. The SMILES string of the molecule is CCN(CC)C1CCN(c2ccc(-c3nc4c(C(=O)Nc5ccc(C)nc5)ccnc4[nH]3)cc2)C1. The fourth-order valence-electron chi connectivity index (χ4n) is 4.82. The maximum absolute atomic E-state index is 12.9. The van der Waals surface area contributed by atoms with Crippen LogP contribution in [0, 0.1) is 6.92 Å². The van der Waals surface area contributed by atoms with Crippen molar-refractivity contribution in [1.29, 1.82) is 0 Å². The normalized spacial score (nSPS) is 15.8. The number of rotatable bonds is 7. The molecule has 8 heteroatoms. The summed E-state index contributed by atoms with van der Waals surface area (Å²) in [6, 6.07) is 14.5. The van der Waals surface area contributed by atoms with Gasteiger partial charge >= 0.3 is 0 Å². The second-order valence-corrected chi connectivity index (χ2v) is 8.94. The number of hydrogen-bond acceptors (Lipinski definition) is 6. The third-order valence-corrected chi connectivity index (χ3v) is 6.80. The van der Waals surface area contributed by atoms with Crippen molar-refractivity contribution in [2.75, 3.05) is 36.4 Å². The van der Waals surface area contributed by atoms with Crippen LogP contribution in [0.4, 0.5) is 11.4 Å². The number of aromatic amines is 1. The number of fused-ring (bicyclic) bond motifs is 1. The molecule has 1 aromatic carbocycles. The lowest BCUT2D eigenvalue weighted by atomic mass is 10.2. The molecule has 5 rings (SSSR count). The molecule has 8 nitrogen and oxygen atoms in total. The monoisotopic (exact) mass is 469 g/mol. The highest BCUT2D eigenvalue weighted by atomic mass is 16.1. The lowest BCUT2D eigenvalue weighted by Crippen LogP contribution is -2.37. The summed E-state index contributed by atoms with van der Waals surface area (Å²) in [6.45, 7) is 10.7. The van der Waals surface area contributed by atoms with E-state index in [1.54, 1.807) is 18.5 Å². The minimum atomic E-state index is -0.242. The van der Waals surface area contributed by atoms with Crippen LogP contribution in [0.5, 0.6) is 0 Å². The zero-order chi connectivity index (χ0) is 24.4. The highest BCUT2D eigenvalue weighted by Crippen LogP contribution is 2.27. The molecule has 2 N–H and O–H groups in total. The molecule has 0 radical (unpaired) electrons. The minimum Gasteiger partial charge on any atom is -0.370 e. The number of H-pyrrole nitrogens is 1.